The summed E-state index contributed by atoms with van der Waals surface area (Å²) in [5.74, 6) is 1.55. The number of ether oxygens (including phenoxy) is 1. The fourth-order valence-electron chi connectivity index (χ4n) is 2.71. The monoisotopic (exact) mass is 368 g/mol. The number of benzene rings is 3. The minimum absolute atomic E-state index is 0.0348. The Labute approximate surface area is 152 Å². The van der Waals surface area contributed by atoms with Crippen molar-refractivity contribution in [3.05, 3.63) is 70.8 Å². The molecule has 0 saturated heterocycles. The Morgan fingerprint density at radius 2 is 1.80 bits per heavy atom. The van der Waals surface area contributed by atoms with E-state index in [0.29, 0.717) is 0 Å². The van der Waals surface area contributed by atoms with E-state index >= 15 is 0 Å². The number of nitro benzene ring substituents is 1. The van der Waals surface area contributed by atoms with Gasteiger partial charge in [0.05, 0.1) is 14.7 Å². The Bertz CT molecular complexity index is 992. The zero-order chi connectivity index (χ0) is 17.4. The third kappa shape index (κ3) is 2.86. The van der Waals surface area contributed by atoms with E-state index in [4.69, 9.17) is 9.88 Å². The molecule has 1 heterocycles. The zero-order valence-corrected chi connectivity index (χ0v) is 14.5. The summed E-state index contributed by atoms with van der Waals surface area (Å²) >= 11 is 2.67. The van der Waals surface area contributed by atoms with E-state index < -0.39 is 4.92 Å². The molecule has 0 aliphatic carbocycles. The summed E-state index contributed by atoms with van der Waals surface area (Å²) in [5, 5.41) is 16.9. The van der Waals surface area contributed by atoms with Crippen molar-refractivity contribution in [1.82, 2.24) is 0 Å². The molecule has 0 bridgehead atoms. The van der Waals surface area contributed by atoms with Crippen molar-refractivity contribution < 1.29 is 9.66 Å². The fourth-order valence-corrected chi connectivity index (χ4v) is 4.22. The van der Waals surface area contributed by atoms with Gasteiger partial charge in [0.1, 0.15) is 11.5 Å². The quantitative estimate of drug-likeness (QED) is 0.293. The van der Waals surface area contributed by atoms with Crippen LogP contribution in [-0.2, 0) is 0 Å². The molecule has 2 N–H and O–H groups in total. The molecule has 124 valence electrons. The van der Waals surface area contributed by atoms with Gasteiger partial charge in [-0.2, -0.15) is 0 Å². The largest absolute Gasteiger partial charge is 0.455 e. The summed E-state index contributed by atoms with van der Waals surface area (Å²) in [4.78, 5) is 13.5. The van der Waals surface area contributed by atoms with Crippen LogP contribution in [0, 0.1) is 10.1 Å². The van der Waals surface area contributed by atoms with E-state index in [1.54, 1.807) is 23.9 Å². The van der Waals surface area contributed by atoms with Gasteiger partial charge < -0.3 is 4.74 Å². The van der Waals surface area contributed by atoms with Gasteiger partial charge >= 0.3 is 0 Å². The Kier molecular flexibility index (Phi) is 4.12. The number of hydrogen-bond acceptors (Lipinski definition) is 6. The van der Waals surface area contributed by atoms with Crippen LogP contribution in [0.5, 0.6) is 11.5 Å². The van der Waals surface area contributed by atoms with Gasteiger partial charge in [-0.3, -0.25) is 15.3 Å². The molecule has 1 aliphatic heterocycles. The van der Waals surface area contributed by atoms with Crippen molar-refractivity contribution in [3.8, 4) is 22.6 Å². The predicted molar refractivity (Wildman–Crippen MR) is 99.2 cm³/mol. The number of non-ortho nitro benzene ring substituents is 1. The SMILES string of the molecule is NSc1ccc([N+](=O)[O-])cc1-c1cccc2c1Sc1ccccc1O2. The Hall–Kier alpha value is -2.48. The highest BCUT2D eigenvalue weighted by Gasteiger charge is 2.23. The minimum Gasteiger partial charge on any atom is -0.455 e. The van der Waals surface area contributed by atoms with Gasteiger partial charge in [0.15, 0.2) is 0 Å². The molecule has 0 fully saturated rings. The highest BCUT2D eigenvalue weighted by molar-refractivity contribution is 7.99. The summed E-state index contributed by atoms with van der Waals surface area (Å²) in [6, 6.07) is 18.2. The predicted octanol–water partition coefficient (Wildman–Crippen LogP) is 5.48. The molecule has 0 amide bonds. The minimum atomic E-state index is -0.400. The Morgan fingerprint density at radius 1 is 1.00 bits per heavy atom. The van der Waals surface area contributed by atoms with Crippen LogP contribution >= 0.6 is 23.7 Å². The maximum atomic E-state index is 11.2. The van der Waals surface area contributed by atoms with Crippen LogP contribution in [0.25, 0.3) is 11.1 Å². The van der Waals surface area contributed by atoms with Crippen molar-refractivity contribution in [1.29, 1.82) is 0 Å². The third-order valence-corrected chi connectivity index (χ3v) is 5.64. The normalized spacial score (nSPS) is 12.0. The molecule has 3 aromatic carbocycles. The second kappa shape index (κ2) is 6.44. The molecule has 0 unspecified atom stereocenters. The second-order valence-corrected chi connectivity index (χ2v) is 7.07. The van der Waals surface area contributed by atoms with Crippen LogP contribution in [0.1, 0.15) is 0 Å². The summed E-state index contributed by atoms with van der Waals surface area (Å²) in [5.41, 5.74) is 1.63. The molecule has 5 nitrogen and oxygen atoms in total. The van der Waals surface area contributed by atoms with Crippen LogP contribution in [0.15, 0.2) is 75.4 Å². The van der Waals surface area contributed by atoms with Gasteiger partial charge in [0.2, 0.25) is 0 Å². The number of nitro groups is 1. The van der Waals surface area contributed by atoms with Gasteiger partial charge in [-0.15, -0.1) is 0 Å². The number of rotatable bonds is 3. The van der Waals surface area contributed by atoms with Crippen molar-refractivity contribution in [2.75, 3.05) is 0 Å². The molecule has 7 heteroatoms. The topological polar surface area (TPSA) is 78.4 Å². The highest BCUT2D eigenvalue weighted by atomic mass is 32.2. The van der Waals surface area contributed by atoms with E-state index in [-0.39, 0.29) is 5.69 Å². The maximum absolute atomic E-state index is 11.2. The van der Waals surface area contributed by atoms with Crippen LogP contribution in [0.4, 0.5) is 5.69 Å². The Morgan fingerprint density at radius 3 is 2.60 bits per heavy atom. The lowest BCUT2D eigenvalue weighted by Gasteiger charge is -2.22. The van der Waals surface area contributed by atoms with Gasteiger partial charge in [-0.25, -0.2) is 0 Å². The van der Waals surface area contributed by atoms with Gasteiger partial charge in [0, 0.05) is 28.2 Å². The van der Waals surface area contributed by atoms with Crippen LogP contribution in [0.3, 0.4) is 0 Å². The number of nitrogens with zero attached hydrogens (tertiary/aromatic N) is 1. The first-order chi connectivity index (χ1) is 12.2. The Balaban J connectivity index is 1.89. The maximum Gasteiger partial charge on any atom is 0.270 e. The van der Waals surface area contributed by atoms with Crippen molar-refractivity contribution >= 4 is 29.4 Å². The average molecular weight is 368 g/mol. The van der Waals surface area contributed by atoms with Gasteiger partial charge in [-0.1, -0.05) is 36.0 Å². The first kappa shape index (κ1) is 16.0. The summed E-state index contributed by atoms with van der Waals surface area (Å²) in [6.45, 7) is 0. The van der Waals surface area contributed by atoms with Crippen LogP contribution < -0.4 is 9.88 Å². The first-order valence-corrected chi connectivity index (χ1v) is 9.10. The van der Waals surface area contributed by atoms with Crippen molar-refractivity contribution in [2.45, 2.75) is 14.7 Å². The van der Waals surface area contributed by atoms with E-state index in [2.05, 4.69) is 0 Å². The summed E-state index contributed by atoms with van der Waals surface area (Å²) < 4.78 is 6.00. The third-order valence-electron chi connectivity index (χ3n) is 3.85. The molecule has 0 saturated carbocycles. The first-order valence-electron chi connectivity index (χ1n) is 7.40. The summed E-state index contributed by atoms with van der Waals surface area (Å²) in [7, 11) is 0. The molecule has 0 atom stereocenters. The molecule has 1 aliphatic rings. The molecule has 0 aromatic heterocycles. The van der Waals surface area contributed by atoms with Gasteiger partial charge in [0.25, 0.3) is 5.69 Å². The lowest BCUT2D eigenvalue weighted by Crippen LogP contribution is -1.98. The standard InChI is InChI=1S/C18H12N2O3S2/c19-25-16-9-8-11(20(21)22)10-13(16)12-4-3-6-15-18(12)24-17-7-2-1-5-14(17)23-15/h1-10H,19H2. The second-order valence-electron chi connectivity index (χ2n) is 5.34. The smallest absolute Gasteiger partial charge is 0.270 e. The molecule has 0 radical (unpaired) electrons. The number of fused-ring (bicyclic) bond motifs is 2. The van der Waals surface area contributed by atoms with Gasteiger partial charge in [-0.05, 0) is 36.2 Å². The molecule has 4 rings (SSSR count). The molecule has 0 spiro atoms. The lowest BCUT2D eigenvalue weighted by molar-refractivity contribution is -0.384. The number of hydrogen-bond donors (Lipinski definition) is 1. The number of nitrogens with two attached hydrogens (primary N) is 1. The highest BCUT2D eigenvalue weighted by Crippen LogP contribution is 2.51. The number of para-hydroxylation sites is 1. The zero-order valence-electron chi connectivity index (χ0n) is 12.8. The molecule has 25 heavy (non-hydrogen) atoms. The van der Waals surface area contributed by atoms with Crippen molar-refractivity contribution in [2.24, 2.45) is 5.14 Å². The van der Waals surface area contributed by atoms with E-state index in [1.165, 1.54) is 6.07 Å². The molecular weight excluding hydrogens is 356 g/mol. The van der Waals surface area contributed by atoms with Crippen molar-refractivity contribution in [3.63, 3.8) is 0 Å². The fraction of sp³-hybridized carbons (Fsp3) is 0. The van der Waals surface area contributed by atoms with E-state index in [9.17, 15) is 10.1 Å². The summed E-state index contributed by atoms with van der Waals surface area (Å²) in [6.07, 6.45) is 0. The van der Waals surface area contributed by atoms with Crippen LogP contribution in [0.2, 0.25) is 0 Å². The lowest BCUT2D eigenvalue weighted by atomic mass is 10.0. The molecule has 3 aromatic rings. The van der Waals surface area contributed by atoms with Crippen LogP contribution in [-0.4, -0.2) is 4.92 Å². The molecular formula is C18H12N2O3S2. The average Bonchev–Trinajstić information content (AvgIpc) is 2.65. The van der Waals surface area contributed by atoms with E-state index in [1.807, 2.05) is 42.5 Å². The van der Waals surface area contributed by atoms with E-state index in [0.717, 1.165) is 49.3 Å².